The molecule has 0 aliphatic rings. The van der Waals surface area contributed by atoms with Crippen LogP contribution in [-0.2, 0) is 9.59 Å². The van der Waals surface area contributed by atoms with Gasteiger partial charge in [0, 0.05) is 12.5 Å². The monoisotopic (exact) mass is 230 g/mol. The number of hydrogen-bond acceptors (Lipinski definition) is 3. The van der Waals surface area contributed by atoms with E-state index in [0.717, 1.165) is 6.54 Å². The molecule has 5 nitrogen and oxygen atoms in total. The topological polar surface area (TPSA) is 78.4 Å². The Morgan fingerprint density at radius 3 is 2.19 bits per heavy atom. The molecular weight excluding hydrogens is 208 g/mol. The van der Waals surface area contributed by atoms with Gasteiger partial charge in [-0.05, 0) is 19.4 Å². The highest BCUT2D eigenvalue weighted by atomic mass is 16.4. The van der Waals surface area contributed by atoms with Gasteiger partial charge in [0.15, 0.2) is 0 Å². The van der Waals surface area contributed by atoms with Crippen molar-refractivity contribution >= 4 is 11.9 Å². The summed E-state index contributed by atoms with van der Waals surface area (Å²) in [5.74, 6) is -1.33. The van der Waals surface area contributed by atoms with Crippen molar-refractivity contribution in [3.63, 3.8) is 0 Å². The highest BCUT2D eigenvalue weighted by molar-refractivity contribution is 5.83. The molecule has 16 heavy (non-hydrogen) atoms. The van der Waals surface area contributed by atoms with E-state index in [4.69, 9.17) is 5.11 Å². The van der Waals surface area contributed by atoms with Gasteiger partial charge in [-0.2, -0.15) is 0 Å². The fourth-order valence-electron chi connectivity index (χ4n) is 1.44. The lowest BCUT2D eigenvalue weighted by Gasteiger charge is -2.19. The van der Waals surface area contributed by atoms with Crippen molar-refractivity contribution in [2.75, 3.05) is 6.54 Å². The number of aliphatic carboxylic acids is 1. The molecule has 2 atom stereocenters. The highest BCUT2D eigenvalue weighted by Crippen LogP contribution is 2.02. The van der Waals surface area contributed by atoms with E-state index in [-0.39, 0.29) is 17.9 Å². The Hall–Kier alpha value is -1.10. The molecule has 1 amide bonds. The van der Waals surface area contributed by atoms with Crippen LogP contribution in [0.2, 0.25) is 0 Å². The molecule has 0 aliphatic heterocycles. The van der Waals surface area contributed by atoms with Crippen LogP contribution in [0.25, 0.3) is 0 Å². The van der Waals surface area contributed by atoms with Crippen molar-refractivity contribution in [1.29, 1.82) is 0 Å². The minimum atomic E-state index is -0.987. The van der Waals surface area contributed by atoms with Crippen molar-refractivity contribution in [3.05, 3.63) is 0 Å². The lowest BCUT2D eigenvalue weighted by atomic mass is 10.0. The van der Waals surface area contributed by atoms with E-state index in [9.17, 15) is 9.59 Å². The summed E-state index contributed by atoms with van der Waals surface area (Å²) in [6.45, 7) is 8.19. The molecule has 0 spiro atoms. The summed E-state index contributed by atoms with van der Waals surface area (Å²) >= 11 is 0. The summed E-state index contributed by atoms with van der Waals surface area (Å²) < 4.78 is 0. The molecule has 0 rings (SSSR count). The molecule has 1 unspecified atom stereocenters. The molecular formula is C11H22N2O3. The summed E-state index contributed by atoms with van der Waals surface area (Å²) in [4.78, 5) is 22.4. The highest BCUT2D eigenvalue weighted by Gasteiger charge is 2.23. The predicted octanol–water partition coefficient (Wildman–Crippen LogP) is 0.600. The number of carboxylic acids is 1. The molecule has 0 aromatic rings. The second kappa shape index (κ2) is 7.22. The lowest BCUT2D eigenvalue weighted by Crippen LogP contribution is -2.46. The molecule has 5 heteroatoms. The third-order valence-corrected chi connectivity index (χ3v) is 2.29. The quantitative estimate of drug-likeness (QED) is 0.598. The molecule has 0 saturated heterocycles. The van der Waals surface area contributed by atoms with E-state index in [2.05, 4.69) is 10.6 Å². The maximum atomic E-state index is 11.5. The first-order valence-corrected chi connectivity index (χ1v) is 5.64. The predicted molar refractivity (Wildman–Crippen MR) is 62.2 cm³/mol. The second-order valence-corrected chi connectivity index (χ2v) is 4.29. The van der Waals surface area contributed by atoms with Crippen molar-refractivity contribution in [2.45, 2.75) is 46.2 Å². The van der Waals surface area contributed by atoms with Crippen LogP contribution in [0.1, 0.15) is 34.1 Å². The smallest absolute Gasteiger partial charge is 0.326 e. The fourth-order valence-corrected chi connectivity index (χ4v) is 1.44. The Morgan fingerprint density at radius 1 is 1.25 bits per heavy atom. The van der Waals surface area contributed by atoms with Crippen LogP contribution < -0.4 is 10.6 Å². The summed E-state index contributed by atoms with van der Waals surface area (Å²) in [6, 6.07) is -0.743. The van der Waals surface area contributed by atoms with Gasteiger partial charge in [-0.25, -0.2) is 4.79 Å². The average molecular weight is 230 g/mol. The molecule has 0 radical (unpaired) electrons. The third kappa shape index (κ3) is 5.70. The molecule has 0 aromatic carbocycles. The number of hydrogen-bond donors (Lipinski definition) is 3. The molecule has 0 aliphatic carbocycles. The van der Waals surface area contributed by atoms with Crippen LogP contribution >= 0.6 is 0 Å². The number of amides is 1. The van der Waals surface area contributed by atoms with E-state index in [1.807, 2.05) is 13.8 Å². The Balaban J connectivity index is 4.15. The maximum Gasteiger partial charge on any atom is 0.326 e. The molecule has 0 aromatic heterocycles. The van der Waals surface area contributed by atoms with Crippen molar-refractivity contribution in [3.8, 4) is 0 Å². The van der Waals surface area contributed by atoms with Gasteiger partial charge in [0.1, 0.15) is 6.04 Å². The summed E-state index contributed by atoms with van der Waals surface area (Å²) in [6.07, 6.45) is 0.296. The molecule has 3 N–H and O–H groups in total. The summed E-state index contributed by atoms with van der Waals surface area (Å²) in [5.41, 5.74) is 0. The van der Waals surface area contributed by atoms with Gasteiger partial charge in [0.2, 0.25) is 5.91 Å². The Morgan fingerprint density at radius 2 is 1.81 bits per heavy atom. The zero-order valence-electron chi connectivity index (χ0n) is 10.4. The van der Waals surface area contributed by atoms with Crippen molar-refractivity contribution in [1.82, 2.24) is 10.6 Å². The summed E-state index contributed by atoms with van der Waals surface area (Å²) in [7, 11) is 0. The van der Waals surface area contributed by atoms with E-state index in [1.165, 1.54) is 0 Å². The lowest BCUT2D eigenvalue weighted by molar-refractivity contribution is -0.143. The van der Waals surface area contributed by atoms with Crippen LogP contribution in [0.4, 0.5) is 0 Å². The van der Waals surface area contributed by atoms with Crippen LogP contribution in [0, 0.1) is 5.92 Å². The number of rotatable bonds is 7. The van der Waals surface area contributed by atoms with E-state index < -0.39 is 12.0 Å². The van der Waals surface area contributed by atoms with Crippen molar-refractivity contribution < 1.29 is 14.7 Å². The number of nitrogens with one attached hydrogen (secondary N) is 2. The van der Waals surface area contributed by atoms with Gasteiger partial charge in [-0.15, -0.1) is 0 Å². The zero-order chi connectivity index (χ0) is 12.7. The maximum absolute atomic E-state index is 11.5. The van der Waals surface area contributed by atoms with Crippen LogP contribution in [0.15, 0.2) is 0 Å². The SMILES string of the molecule is CCNC(C)CC(=O)N[C@H](C(=O)O)C(C)C. The van der Waals surface area contributed by atoms with E-state index in [0.29, 0.717) is 6.42 Å². The van der Waals surface area contributed by atoms with Crippen molar-refractivity contribution in [2.24, 2.45) is 5.92 Å². The largest absolute Gasteiger partial charge is 0.480 e. The van der Waals surface area contributed by atoms with Gasteiger partial charge >= 0.3 is 5.97 Å². The van der Waals surface area contributed by atoms with Crippen LogP contribution in [0.3, 0.4) is 0 Å². The number of carbonyl (C=O) groups excluding carboxylic acids is 1. The third-order valence-electron chi connectivity index (χ3n) is 2.29. The summed E-state index contributed by atoms with van der Waals surface area (Å²) in [5, 5.41) is 14.5. The molecule has 0 heterocycles. The van der Waals surface area contributed by atoms with Gasteiger partial charge in [0.25, 0.3) is 0 Å². The standard InChI is InChI=1S/C11H22N2O3/c1-5-12-8(4)6-9(14)13-10(7(2)3)11(15)16/h7-8,10,12H,5-6H2,1-4H3,(H,13,14)(H,15,16)/t8?,10-/m0/s1. The molecule has 0 fully saturated rings. The molecule has 94 valence electrons. The first kappa shape index (κ1) is 14.9. The Labute approximate surface area is 96.6 Å². The minimum Gasteiger partial charge on any atom is -0.480 e. The fraction of sp³-hybridized carbons (Fsp3) is 0.818. The Kier molecular flexibility index (Phi) is 6.72. The van der Waals surface area contributed by atoms with Gasteiger partial charge < -0.3 is 15.7 Å². The van der Waals surface area contributed by atoms with Gasteiger partial charge in [-0.1, -0.05) is 20.8 Å². The molecule has 0 saturated carbocycles. The first-order valence-electron chi connectivity index (χ1n) is 5.64. The second-order valence-electron chi connectivity index (χ2n) is 4.29. The van der Waals surface area contributed by atoms with E-state index >= 15 is 0 Å². The molecule has 0 bridgehead atoms. The Bertz CT molecular complexity index is 241. The average Bonchev–Trinajstić information content (AvgIpc) is 2.13. The number of carbonyl (C=O) groups is 2. The van der Waals surface area contributed by atoms with Crippen LogP contribution in [0.5, 0.6) is 0 Å². The first-order chi connectivity index (χ1) is 7.38. The van der Waals surface area contributed by atoms with Gasteiger partial charge in [0.05, 0.1) is 0 Å². The number of carboxylic acid groups (broad SMARTS) is 1. The van der Waals surface area contributed by atoms with Gasteiger partial charge in [-0.3, -0.25) is 4.79 Å². The zero-order valence-corrected chi connectivity index (χ0v) is 10.4. The van der Waals surface area contributed by atoms with Crippen LogP contribution in [-0.4, -0.2) is 35.6 Å². The normalized spacial score (nSPS) is 14.6. The minimum absolute atomic E-state index is 0.0617. The van der Waals surface area contributed by atoms with E-state index in [1.54, 1.807) is 13.8 Å².